The number of nitrogens with one attached hydrogen (secondary N) is 1. The van der Waals surface area contributed by atoms with E-state index in [2.05, 4.69) is 29.0 Å². The van der Waals surface area contributed by atoms with Gasteiger partial charge in [-0.1, -0.05) is 0 Å². The average Bonchev–Trinajstić information content (AvgIpc) is 2.67. The standard InChI is InChI=1S/C11H21N3OS/c1-8(12-3)10-9(2)13-11(16-10)14(4)6-7-15-5/h8,12H,6-7H2,1-5H3. The molecule has 0 aromatic carbocycles. The topological polar surface area (TPSA) is 37.4 Å². The van der Waals surface area contributed by atoms with Crippen molar-refractivity contribution in [3.05, 3.63) is 10.6 Å². The Morgan fingerprint density at radius 1 is 1.56 bits per heavy atom. The first-order valence-electron chi connectivity index (χ1n) is 5.44. The van der Waals surface area contributed by atoms with Gasteiger partial charge < -0.3 is 15.0 Å². The molecule has 4 nitrogen and oxygen atoms in total. The normalized spacial score (nSPS) is 12.8. The molecule has 0 saturated heterocycles. The molecule has 92 valence electrons. The Labute approximate surface area is 102 Å². The molecule has 1 aromatic rings. The number of hydrogen-bond acceptors (Lipinski definition) is 5. The van der Waals surface area contributed by atoms with Crippen molar-refractivity contribution in [2.75, 3.05) is 39.3 Å². The van der Waals surface area contributed by atoms with E-state index in [9.17, 15) is 0 Å². The van der Waals surface area contributed by atoms with Crippen molar-refractivity contribution in [1.82, 2.24) is 10.3 Å². The van der Waals surface area contributed by atoms with Gasteiger partial charge in [-0.3, -0.25) is 0 Å². The van der Waals surface area contributed by atoms with Crippen LogP contribution in [0.2, 0.25) is 0 Å². The number of anilines is 1. The fourth-order valence-electron chi connectivity index (χ4n) is 1.41. The van der Waals surface area contributed by atoms with Crippen molar-refractivity contribution in [3.63, 3.8) is 0 Å². The zero-order valence-corrected chi connectivity index (χ0v) is 11.5. The minimum Gasteiger partial charge on any atom is -0.383 e. The maximum atomic E-state index is 5.06. The quantitative estimate of drug-likeness (QED) is 0.827. The second kappa shape index (κ2) is 6.18. The number of aryl methyl sites for hydroxylation is 1. The molecular weight excluding hydrogens is 222 g/mol. The van der Waals surface area contributed by atoms with Gasteiger partial charge >= 0.3 is 0 Å². The van der Waals surface area contributed by atoms with Gasteiger partial charge in [-0.2, -0.15) is 0 Å². The fraction of sp³-hybridized carbons (Fsp3) is 0.727. The molecule has 0 spiro atoms. The van der Waals surface area contributed by atoms with Crippen LogP contribution in [0.1, 0.15) is 23.5 Å². The zero-order valence-electron chi connectivity index (χ0n) is 10.7. The first-order valence-corrected chi connectivity index (χ1v) is 6.26. The second-order valence-electron chi connectivity index (χ2n) is 3.87. The molecule has 1 heterocycles. The third kappa shape index (κ3) is 3.17. The van der Waals surface area contributed by atoms with Crippen LogP contribution in [-0.4, -0.2) is 39.3 Å². The summed E-state index contributed by atoms with van der Waals surface area (Å²) in [6, 6.07) is 0.363. The van der Waals surface area contributed by atoms with E-state index < -0.39 is 0 Å². The van der Waals surface area contributed by atoms with E-state index in [1.165, 1.54) is 4.88 Å². The lowest BCUT2D eigenvalue weighted by Gasteiger charge is -2.14. The van der Waals surface area contributed by atoms with Crippen LogP contribution in [0.3, 0.4) is 0 Å². The van der Waals surface area contributed by atoms with E-state index >= 15 is 0 Å². The van der Waals surface area contributed by atoms with E-state index in [1.54, 1.807) is 18.4 Å². The van der Waals surface area contributed by atoms with Crippen molar-refractivity contribution in [2.45, 2.75) is 19.9 Å². The first-order chi connectivity index (χ1) is 7.60. The van der Waals surface area contributed by atoms with Crippen molar-refractivity contribution < 1.29 is 4.74 Å². The zero-order chi connectivity index (χ0) is 12.1. The van der Waals surface area contributed by atoms with Gasteiger partial charge in [-0.05, 0) is 20.9 Å². The van der Waals surface area contributed by atoms with E-state index in [0.29, 0.717) is 6.04 Å². The van der Waals surface area contributed by atoms with Gasteiger partial charge in [0, 0.05) is 31.6 Å². The van der Waals surface area contributed by atoms with Crippen LogP contribution in [0.4, 0.5) is 5.13 Å². The van der Waals surface area contributed by atoms with Gasteiger partial charge in [0.1, 0.15) is 0 Å². The van der Waals surface area contributed by atoms with Gasteiger partial charge in [0.05, 0.1) is 12.3 Å². The molecule has 0 radical (unpaired) electrons. The van der Waals surface area contributed by atoms with Gasteiger partial charge in [0.25, 0.3) is 0 Å². The van der Waals surface area contributed by atoms with Crippen LogP contribution < -0.4 is 10.2 Å². The molecule has 0 bridgehead atoms. The predicted molar refractivity (Wildman–Crippen MR) is 69.5 cm³/mol. The van der Waals surface area contributed by atoms with Crippen LogP contribution in [0.5, 0.6) is 0 Å². The van der Waals surface area contributed by atoms with Gasteiger partial charge in [-0.25, -0.2) is 4.98 Å². The number of nitrogens with zero attached hydrogens (tertiary/aromatic N) is 2. The summed E-state index contributed by atoms with van der Waals surface area (Å²) < 4.78 is 5.06. The summed E-state index contributed by atoms with van der Waals surface area (Å²) in [6.07, 6.45) is 0. The van der Waals surface area contributed by atoms with E-state index in [4.69, 9.17) is 4.74 Å². The van der Waals surface area contributed by atoms with Crippen molar-refractivity contribution in [1.29, 1.82) is 0 Å². The Hall–Kier alpha value is -0.650. The lowest BCUT2D eigenvalue weighted by atomic mass is 10.2. The molecule has 1 rings (SSSR count). The highest BCUT2D eigenvalue weighted by atomic mass is 32.1. The fourth-order valence-corrected chi connectivity index (χ4v) is 2.53. The molecule has 0 saturated carbocycles. The summed E-state index contributed by atoms with van der Waals surface area (Å²) in [6.45, 7) is 5.82. The third-order valence-corrected chi connectivity index (χ3v) is 4.06. The Morgan fingerprint density at radius 2 is 2.25 bits per heavy atom. The summed E-state index contributed by atoms with van der Waals surface area (Å²) >= 11 is 1.75. The number of methoxy groups -OCH3 is 1. The lowest BCUT2D eigenvalue weighted by molar-refractivity contribution is 0.206. The van der Waals surface area contributed by atoms with Crippen LogP contribution in [0.15, 0.2) is 0 Å². The SMILES string of the molecule is CNC(C)c1sc(N(C)CCOC)nc1C. The summed E-state index contributed by atoms with van der Waals surface area (Å²) in [5.41, 5.74) is 1.12. The Bertz CT molecular complexity index is 327. The van der Waals surface area contributed by atoms with E-state index in [1.807, 2.05) is 14.1 Å². The smallest absolute Gasteiger partial charge is 0.185 e. The molecule has 0 amide bonds. The minimum atomic E-state index is 0.363. The van der Waals surface area contributed by atoms with E-state index in [-0.39, 0.29) is 0 Å². The van der Waals surface area contributed by atoms with Crippen LogP contribution >= 0.6 is 11.3 Å². The highest BCUT2D eigenvalue weighted by Crippen LogP contribution is 2.29. The average molecular weight is 243 g/mol. The third-order valence-electron chi connectivity index (χ3n) is 2.60. The highest BCUT2D eigenvalue weighted by molar-refractivity contribution is 7.15. The molecule has 0 fully saturated rings. The maximum Gasteiger partial charge on any atom is 0.185 e. The van der Waals surface area contributed by atoms with Crippen molar-refractivity contribution in [3.8, 4) is 0 Å². The second-order valence-corrected chi connectivity index (χ2v) is 4.88. The Morgan fingerprint density at radius 3 is 2.81 bits per heavy atom. The molecule has 5 heteroatoms. The van der Waals surface area contributed by atoms with Gasteiger partial charge in [-0.15, -0.1) is 11.3 Å². The number of aromatic nitrogens is 1. The molecule has 0 aliphatic carbocycles. The Balaban J connectivity index is 2.75. The van der Waals surface area contributed by atoms with Gasteiger partial charge in [0.15, 0.2) is 5.13 Å². The summed E-state index contributed by atoms with van der Waals surface area (Å²) in [4.78, 5) is 8.02. The molecule has 0 aliphatic heterocycles. The molecule has 16 heavy (non-hydrogen) atoms. The van der Waals surface area contributed by atoms with Crippen molar-refractivity contribution in [2.24, 2.45) is 0 Å². The van der Waals surface area contributed by atoms with Crippen LogP contribution in [-0.2, 0) is 4.74 Å². The lowest BCUT2D eigenvalue weighted by Crippen LogP contribution is -2.21. The number of ether oxygens (including phenoxy) is 1. The van der Waals surface area contributed by atoms with Crippen molar-refractivity contribution >= 4 is 16.5 Å². The summed E-state index contributed by atoms with van der Waals surface area (Å²) in [7, 11) is 5.73. The largest absolute Gasteiger partial charge is 0.383 e. The van der Waals surface area contributed by atoms with Crippen LogP contribution in [0, 0.1) is 6.92 Å². The maximum absolute atomic E-state index is 5.06. The molecule has 1 aromatic heterocycles. The van der Waals surface area contributed by atoms with E-state index in [0.717, 1.165) is 24.0 Å². The number of rotatable bonds is 6. The molecule has 1 atom stereocenters. The Kier molecular flexibility index (Phi) is 5.18. The van der Waals surface area contributed by atoms with Crippen LogP contribution in [0.25, 0.3) is 0 Å². The monoisotopic (exact) mass is 243 g/mol. The van der Waals surface area contributed by atoms with Gasteiger partial charge in [0.2, 0.25) is 0 Å². The molecule has 0 aliphatic rings. The first kappa shape index (κ1) is 13.4. The summed E-state index contributed by atoms with van der Waals surface area (Å²) in [5.74, 6) is 0. The summed E-state index contributed by atoms with van der Waals surface area (Å²) in [5, 5.41) is 4.31. The molecular formula is C11H21N3OS. The minimum absolute atomic E-state index is 0.363. The number of likely N-dealkylation sites (N-methyl/N-ethyl adjacent to an activating group) is 1. The molecule has 1 N–H and O–H groups in total. The number of thiazole rings is 1. The predicted octanol–water partition coefficient (Wildman–Crippen LogP) is 1.81. The highest BCUT2D eigenvalue weighted by Gasteiger charge is 2.14. The number of hydrogen-bond donors (Lipinski definition) is 1. The molecule has 1 unspecified atom stereocenters.